The van der Waals surface area contributed by atoms with Gasteiger partial charge in [0.2, 0.25) is 17.5 Å². The molecule has 0 N–H and O–H groups in total. The van der Waals surface area contributed by atoms with E-state index in [0.29, 0.717) is 18.3 Å². The van der Waals surface area contributed by atoms with E-state index in [9.17, 15) is 4.79 Å². The van der Waals surface area contributed by atoms with Crippen molar-refractivity contribution in [2.75, 3.05) is 6.54 Å². The summed E-state index contributed by atoms with van der Waals surface area (Å²) < 4.78 is 10.5. The number of likely N-dealkylation sites (tertiary alicyclic amines) is 1. The second-order valence-electron chi connectivity index (χ2n) is 6.27. The van der Waals surface area contributed by atoms with E-state index in [1.54, 1.807) is 29.4 Å². The summed E-state index contributed by atoms with van der Waals surface area (Å²) in [4.78, 5) is 22.7. The second kappa shape index (κ2) is 6.12. The van der Waals surface area contributed by atoms with Crippen LogP contribution in [-0.2, 0) is 0 Å². The minimum atomic E-state index is -0.238. The van der Waals surface area contributed by atoms with Crippen LogP contribution in [0.4, 0.5) is 0 Å². The molecule has 3 aromatic rings. The Morgan fingerprint density at radius 3 is 2.84 bits per heavy atom. The van der Waals surface area contributed by atoms with E-state index in [4.69, 9.17) is 9.05 Å². The zero-order valence-electron chi connectivity index (χ0n) is 13.9. The number of hydrogen-bond donors (Lipinski definition) is 0. The quantitative estimate of drug-likeness (QED) is 0.720. The third-order valence-corrected chi connectivity index (χ3v) is 4.26. The zero-order chi connectivity index (χ0) is 17.4. The molecule has 1 saturated heterocycles. The first-order chi connectivity index (χ1) is 12.1. The summed E-state index contributed by atoms with van der Waals surface area (Å²) in [5.41, 5.74) is 1.53. The predicted molar refractivity (Wildman–Crippen MR) is 86.5 cm³/mol. The molecule has 0 aromatic carbocycles. The molecule has 1 aliphatic rings. The highest BCUT2D eigenvalue weighted by Crippen LogP contribution is 2.34. The number of nitrogens with zero attached hydrogens (tertiary/aromatic N) is 5. The maximum atomic E-state index is 12.6. The van der Waals surface area contributed by atoms with E-state index in [1.807, 2.05) is 19.9 Å². The highest BCUT2D eigenvalue weighted by Gasteiger charge is 2.39. The third kappa shape index (κ3) is 2.79. The highest BCUT2D eigenvalue weighted by molar-refractivity contribution is 5.92. The fourth-order valence-corrected chi connectivity index (χ4v) is 2.67. The molecule has 1 amide bonds. The van der Waals surface area contributed by atoms with E-state index in [0.717, 1.165) is 17.7 Å². The van der Waals surface area contributed by atoms with Crippen molar-refractivity contribution in [3.63, 3.8) is 0 Å². The van der Waals surface area contributed by atoms with E-state index in [2.05, 4.69) is 20.3 Å². The average Bonchev–Trinajstić information content (AvgIpc) is 3.24. The Kier molecular flexibility index (Phi) is 3.79. The predicted octanol–water partition coefficient (Wildman–Crippen LogP) is 2.83. The molecule has 0 aliphatic carbocycles. The van der Waals surface area contributed by atoms with Crippen LogP contribution in [0.5, 0.6) is 0 Å². The van der Waals surface area contributed by atoms with Crippen molar-refractivity contribution in [1.29, 1.82) is 0 Å². The smallest absolute Gasteiger partial charge is 0.293 e. The lowest BCUT2D eigenvalue weighted by molar-refractivity contribution is 0.0339. The molecule has 0 bridgehead atoms. The minimum Gasteiger partial charge on any atom is -0.351 e. The van der Waals surface area contributed by atoms with Gasteiger partial charge in [0.1, 0.15) is 6.04 Å². The minimum absolute atomic E-state index is 0.204. The summed E-state index contributed by atoms with van der Waals surface area (Å²) in [5, 5.41) is 7.92. The molecular weight excluding hydrogens is 322 g/mol. The van der Waals surface area contributed by atoms with Crippen LogP contribution in [0.2, 0.25) is 0 Å². The molecule has 3 aromatic heterocycles. The number of hydrogen-bond acceptors (Lipinski definition) is 7. The third-order valence-electron chi connectivity index (χ3n) is 4.26. The van der Waals surface area contributed by atoms with Crippen LogP contribution in [-0.4, -0.2) is 37.6 Å². The lowest BCUT2D eigenvalue weighted by Gasteiger charge is -2.37. The number of rotatable bonds is 4. The number of amides is 1. The van der Waals surface area contributed by atoms with Crippen molar-refractivity contribution in [3.8, 4) is 11.4 Å². The first-order valence-corrected chi connectivity index (χ1v) is 8.15. The lowest BCUT2D eigenvalue weighted by atomic mass is 10.0. The maximum absolute atomic E-state index is 12.6. The molecule has 1 fully saturated rings. The summed E-state index contributed by atoms with van der Waals surface area (Å²) in [7, 11) is 0. The van der Waals surface area contributed by atoms with Crippen LogP contribution in [0.3, 0.4) is 0 Å². The Hall–Kier alpha value is -3.03. The van der Waals surface area contributed by atoms with Crippen molar-refractivity contribution in [3.05, 3.63) is 47.9 Å². The van der Waals surface area contributed by atoms with Crippen molar-refractivity contribution < 1.29 is 13.8 Å². The summed E-state index contributed by atoms with van der Waals surface area (Å²) in [5.74, 6) is 1.11. The number of carbonyl (C=O) groups is 1. The lowest BCUT2D eigenvalue weighted by Crippen LogP contribution is -2.45. The summed E-state index contributed by atoms with van der Waals surface area (Å²) >= 11 is 0. The first-order valence-electron chi connectivity index (χ1n) is 8.15. The number of aromatic nitrogens is 4. The van der Waals surface area contributed by atoms with Crippen molar-refractivity contribution in [1.82, 2.24) is 25.2 Å². The van der Waals surface area contributed by atoms with Crippen molar-refractivity contribution in [2.24, 2.45) is 0 Å². The van der Waals surface area contributed by atoms with Gasteiger partial charge >= 0.3 is 0 Å². The maximum Gasteiger partial charge on any atom is 0.293 e. The molecule has 25 heavy (non-hydrogen) atoms. The number of pyridine rings is 1. The van der Waals surface area contributed by atoms with Crippen molar-refractivity contribution >= 4 is 5.91 Å². The van der Waals surface area contributed by atoms with Crippen LogP contribution < -0.4 is 0 Å². The molecule has 1 atom stereocenters. The zero-order valence-corrected chi connectivity index (χ0v) is 13.9. The van der Waals surface area contributed by atoms with Crippen LogP contribution in [0.25, 0.3) is 11.4 Å². The van der Waals surface area contributed by atoms with Gasteiger partial charge in [-0.2, -0.15) is 4.98 Å². The molecule has 4 rings (SSSR count). The van der Waals surface area contributed by atoms with Gasteiger partial charge in [-0.25, -0.2) is 0 Å². The van der Waals surface area contributed by atoms with Crippen LogP contribution in [0, 0.1) is 0 Å². The van der Waals surface area contributed by atoms with Gasteiger partial charge in [-0.15, -0.1) is 0 Å². The van der Waals surface area contributed by atoms with Gasteiger partial charge in [0.15, 0.2) is 0 Å². The van der Waals surface area contributed by atoms with Crippen molar-refractivity contribution in [2.45, 2.75) is 32.2 Å². The van der Waals surface area contributed by atoms with Gasteiger partial charge < -0.3 is 13.9 Å². The molecule has 0 saturated carbocycles. The normalized spacial score (nSPS) is 16.9. The highest BCUT2D eigenvalue weighted by atomic mass is 16.5. The molecule has 128 valence electrons. The molecule has 0 radical (unpaired) electrons. The fourth-order valence-electron chi connectivity index (χ4n) is 2.67. The second-order valence-corrected chi connectivity index (χ2v) is 6.27. The Bertz CT molecular complexity index is 887. The van der Waals surface area contributed by atoms with E-state index in [-0.39, 0.29) is 23.6 Å². The SMILES string of the molecule is CC(C)c1cc(C(=O)N2CC[C@@H]2c2nc(-c3cccnc3)no2)on1. The molecule has 8 heteroatoms. The van der Waals surface area contributed by atoms with Crippen LogP contribution in [0.1, 0.15) is 54.4 Å². The molecule has 0 unspecified atom stereocenters. The summed E-state index contributed by atoms with van der Waals surface area (Å²) in [6, 6.07) is 5.11. The summed E-state index contributed by atoms with van der Waals surface area (Å²) in [6.07, 6.45) is 4.12. The Morgan fingerprint density at radius 2 is 2.20 bits per heavy atom. The van der Waals surface area contributed by atoms with Crippen LogP contribution in [0.15, 0.2) is 39.6 Å². The Morgan fingerprint density at radius 1 is 1.32 bits per heavy atom. The van der Waals surface area contributed by atoms with E-state index >= 15 is 0 Å². The Balaban J connectivity index is 1.52. The standard InChI is InChI=1S/C17H17N5O3/c1-10(2)12-8-14(24-20-12)17(23)22-7-5-13(22)16-19-15(21-25-16)11-4-3-6-18-9-11/h3-4,6,8-10,13H,5,7H2,1-2H3/t13-/m1/s1. The van der Waals surface area contributed by atoms with E-state index < -0.39 is 0 Å². The van der Waals surface area contributed by atoms with E-state index in [1.165, 1.54) is 0 Å². The average molecular weight is 339 g/mol. The van der Waals surface area contributed by atoms with Gasteiger partial charge in [-0.3, -0.25) is 9.78 Å². The molecular formula is C17H17N5O3. The number of carbonyl (C=O) groups excluding carboxylic acids is 1. The van der Waals surface area contributed by atoms with Gasteiger partial charge in [0, 0.05) is 30.6 Å². The fraction of sp³-hybridized carbons (Fsp3) is 0.353. The van der Waals surface area contributed by atoms with Crippen LogP contribution >= 0.6 is 0 Å². The molecule has 8 nitrogen and oxygen atoms in total. The molecule has 4 heterocycles. The van der Waals surface area contributed by atoms with Gasteiger partial charge in [0.25, 0.3) is 5.91 Å². The largest absolute Gasteiger partial charge is 0.351 e. The Labute approximate surface area is 143 Å². The van der Waals surface area contributed by atoms with Gasteiger partial charge in [-0.1, -0.05) is 24.2 Å². The topological polar surface area (TPSA) is 98.2 Å². The monoisotopic (exact) mass is 339 g/mol. The van der Waals surface area contributed by atoms with Gasteiger partial charge in [0.05, 0.1) is 5.69 Å². The first kappa shape index (κ1) is 15.5. The molecule has 1 aliphatic heterocycles. The van der Waals surface area contributed by atoms with Gasteiger partial charge in [-0.05, 0) is 24.5 Å². The molecule has 0 spiro atoms. The summed E-state index contributed by atoms with van der Waals surface area (Å²) in [6.45, 7) is 4.61.